The van der Waals surface area contributed by atoms with Gasteiger partial charge in [-0.25, -0.2) is 4.98 Å². The van der Waals surface area contributed by atoms with E-state index in [4.69, 9.17) is 0 Å². The fraction of sp³-hybridized carbons (Fsp3) is 0.143. The monoisotopic (exact) mass is 331 g/mol. The van der Waals surface area contributed by atoms with Crippen LogP contribution in [0.5, 0.6) is 0 Å². The highest BCUT2D eigenvalue weighted by molar-refractivity contribution is 5.92. The Labute approximate surface area is 147 Å². The van der Waals surface area contributed by atoms with Crippen molar-refractivity contribution in [3.8, 4) is 0 Å². The summed E-state index contributed by atoms with van der Waals surface area (Å²) in [6.45, 7) is 4.00. The summed E-state index contributed by atoms with van der Waals surface area (Å²) >= 11 is 0. The van der Waals surface area contributed by atoms with Crippen LogP contribution in [0, 0.1) is 6.92 Å². The van der Waals surface area contributed by atoms with Crippen molar-refractivity contribution in [3.63, 3.8) is 0 Å². The van der Waals surface area contributed by atoms with Crippen LogP contribution in [-0.2, 0) is 0 Å². The van der Waals surface area contributed by atoms with E-state index >= 15 is 0 Å². The number of aromatic nitrogens is 1. The summed E-state index contributed by atoms with van der Waals surface area (Å²) in [7, 11) is 0. The summed E-state index contributed by atoms with van der Waals surface area (Å²) in [5.41, 5.74) is 4.49. The molecule has 1 heterocycles. The summed E-state index contributed by atoms with van der Waals surface area (Å²) in [5.74, 6) is -0.182. The van der Waals surface area contributed by atoms with Crippen molar-refractivity contribution in [1.29, 1.82) is 0 Å². The summed E-state index contributed by atoms with van der Waals surface area (Å²) < 4.78 is 0. The molecule has 1 aromatic heterocycles. The first-order valence-corrected chi connectivity index (χ1v) is 8.28. The predicted molar refractivity (Wildman–Crippen MR) is 101 cm³/mol. The van der Waals surface area contributed by atoms with Crippen molar-refractivity contribution in [2.24, 2.45) is 0 Å². The molecule has 1 unspecified atom stereocenters. The van der Waals surface area contributed by atoms with Gasteiger partial charge in [-0.2, -0.15) is 0 Å². The van der Waals surface area contributed by atoms with Gasteiger partial charge in [-0.3, -0.25) is 4.79 Å². The van der Waals surface area contributed by atoms with Crippen LogP contribution in [0.2, 0.25) is 0 Å². The zero-order valence-electron chi connectivity index (χ0n) is 14.4. The second kappa shape index (κ2) is 7.62. The number of pyridine rings is 1. The number of nitrogens with zero attached hydrogens (tertiary/aromatic N) is 1. The largest absolute Gasteiger partial charge is 0.354 e. The predicted octanol–water partition coefficient (Wildman–Crippen LogP) is 4.62. The standard InChI is InChI=1S/C21H21N3O/c1-15-8-6-7-11-19(15)24-18-12-13-20(22-14-18)21(25)23-16(2)17-9-4-3-5-10-17/h3-14,16,24H,1-2H3,(H,23,25). The van der Waals surface area contributed by atoms with Crippen molar-refractivity contribution < 1.29 is 4.79 Å². The minimum Gasteiger partial charge on any atom is -0.354 e. The van der Waals surface area contributed by atoms with Gasteiger partial charge in [-0.15, -0.1) is 0 Å². The third-order valence-electron chi connectivity index (χ3n) is 4.07. The van der Waals surface area contributed by atoms with E-state index in [1.54, 1.807) is 12.3 Å². The van der Waals surface area contributed by atoms with Crippen LogP contribution in [0.15, 0.2) is 72.9 Å². The number of nitrogens with one attached hydrogen (secondary N) is 2. The van der Waals surface area contributed by atoms with Crippen molar-refractivity contribution in [2.45, 2.75) is 19.9 Å². The van der Waals surface area contributed by atoms with E-state index in [0.29, 0.717) is 5.69 Å². The number of hydrogen-bond donors (Lipinski definition) is 2. The number of amides is 1. The van der Waals surface area contributed by atoms with E-state index in [-0.39, 0.29) is 11.9 Å². The highest BCUT2D eigenvalue weighted by Gasteiger charge is 2.12. The van der Waals surface area contributed by atoms with Gasteiger partial charge in [-0.1, -0.05) is 48.5 Å². The van der Waals surface area contributed by atoms with Gasteiger partial charge in [0.15, 0.2) is 0 Å². The van der Waals surface area contributed by atoms with Gasteiger partial charge < -0.3 is 10.6 Å². The third kappa shape index (κ3) is 4.23. The topological polar surface area (TPSA) is 54.0 Å². The maximum Gasteiger partial charge on any atom is 0.270 e. The van der Waals surface area contributed by atoms with Crippen LogP contribution < -0.4 is 10.6 Å². The lowest BCUT2D eigenvalue weighted by Crippen LogP contribution is -2.27. The molecular formula is C21H21N3O. The molecule has 3 aromatic rings. The first kappa shape index (κ1) is 16.7. The number of carbonyl (C=O) groups is 1. The zero-order valence-corrected chi connectivity index (χ0v) is 14.4. The highest BCUT2D eigenvalue weighted by atomic mass is 16.1. The maximum absolute atomic E-state index is 12.4. The van der Waals surface area contributed by atoms with Gasteiger partial charge in [0.05, 0.1) is 17.9 Å². The van der Waals surface area contributed by atoms with Crippen LogP contribution in [0.4, 0.5) is 11.4 Å². The molecule has 4 heteroatoms. The normalized spacial score (nSPS) is 11.6. The van der Waals surface area contributed by atoms with Crippen molar-refractivity contribution >= 4 is 17.3 Å². The summed E-state index contributed by atoms with van der Waals surface area (Å²) in [4.78, 5) is 16.6. The Balaban J connectivity index is 1.65. The molecule has 0 saturated carbocycles. The Kier molecular flexibility index (Phi) is 5.09. The number of aryl methyl sites for hydroxylation is 1. The molecule has 0 aliphatic heterocycles. The van der Waals surface area contributed by atoms with E-state index in [0.717, 1.165) is 22.5 Å². The minimum absolute atomic E-state index is 0.0692. The molecule has 0 bridgehead atoms. The number of hydrogen-bond acceptors (Lipinski definition) is 3. The average Bonchev–Trinajstić information content (AvgIpc) is 2.65. The highest BCUT2D eigenvalue weighted by Crippen LogP contribution is 2.19. The Hall–Kier alpha value is -3.14. The van der Waals surface area contributed by atoms with Crippen LogP contribution in [-0.4, -0.2) is 10.9 Å². The van der Waals surface area contributed by atoms with Gasteiger partial charge in [0.2, 0.25) is 0 Å². The molecule has 2 N–H and O–H groups in total. The molecule has 0 radical (unpaired) electrons. The lowest BCUT2D eigenvalue weighted by molar-refractivity contribution is 0.0935. The van der Waals surface area contributed by atoms with E-state index in [1.807, 2.05) is 74.5 Å². The van der Waals surface area contributed by atoms with Gasteiger partial charge in [0.25, 0.3) is 5.91 Å². The maximum atomic E-state index is 12.4. The molecule has 0 aliphatic carbocycles. The van der Waals surface area contributed by atoms with Crippen LogP contribution in [0.1, 0.15) is 34.6 Å². The van der Waals surface area contributed by atoms with E-state index in [1.165, 1.54) is 0 Å². The van der Waals surface area contributed by atoms with E-state index in [9.17, 15) is 4.79 Å². The Morgan fingerprint density at radius 1 is 0.960 bits per heavy atom. The summed E-state index contributed by atoms with van der Waals surface area (Å²) in [5, 5.41) is 6.28. The van der Waals surface area contributed by atoms with Crippen molar-refractivity contribution in [2.75, 3.05) is 5.32 Å². The molecule has 0 saturated heterocycles. The number of rotatable bonds is 5. The number of para-hydroxylation sites is 1. The van der Waals surface area contributed by atoms with Crippen LogP contribution >= 0.6 is 0 Å². The Morgan fingerprint density at radius 3 is 2.36 bits per heavy atom. The lowest BCUT2D eigenvalue weighted by Gasteiger charge is -2.14. The fourth-order valence-corrected chi connectivity index (χ4v) is 2.57. The zero-order chi connectivity index (χ0) is 17.6. The molecule has 4 nitrogen and oxygen atoms in total. The lowest BCUT2D eigenvalue weighted by atomic mass is 10.1. The molecule has 0 aliphatic rings. The number of carbonyl (C=O) groups excluding carboxylic acids is 1. The van der Waals surface area contributed by atoms with Gasteiger partial charge >= 0.3 is 0 Å². The Bertz CT molecular complexity index is 845. The minimum atomic E-state index is -0.182. The third-order valence-corrected chi connectivity index (χ3v) is 4.07. The summed E-state index contributed by atoms with van der Waals surface area (Å²) in [6.07, 6.45) is 1.68. The molecular weight excluding hydrogens is 310 g/mol. The number of anilines is 2. The second-order valence-corrected chi connectivity index (χ2v) is 5.98. The van der Waals surface area contributed by atoms with Crippen molar-refractivity contribution in [1.82, 2.24) is 10.3 Å². The summed E-state index contributed by atoms with van der Waals surface area (Å²) in [6, 6.07) is 21.4. The first-order chi connectivity index (χ1) is 12.1. The molecule has 25 heavy (non-hydrogen) atoms. The molecule has 2 aromatic carbocycles. The fourth-order valence-electron chi connectivity index (χ4n) is 2.57. The Morgan fingerprint density at radius 2 is 1.68 bits per heavy atom. The van der Waals surface area contributed by atoms with Crippen LogP contribution in [0.25, 0.3) is 0 Å². The molecule has 0 fully saturated rings. The van der Waals surface area contributed by atoms with E-state index < -0.39 is 0 Å². The van der Waals surface area contributed by atoms with Gasteiger partial charge in [0, 0.05) is 5.69 Å². The number of benzene rings is 2. The van der Waals surface area contributed by atoms with Gasteiger partial charge in [0.1, 0.15) is 5.69 Å². The molecule has 0 spiro atoms. The molecule has 1 atom stereocenters. The molecule has 126 valence electrons. The molecule has 3 rings (SSSR count). The molecule has 1 amide bonds. The average molecular weight is 331 g/mol. The quantitative estimate of drug-likeness (QED) is 0.717. The van der Waals surface area contributed by atoms with Crippen LogP contribution in [0.3, 0.4) is 0 Å². The second-order valence-electron chi connectivity index (χ2n) is 5.98. The SMILES string of the molecule is Cc1ccccc1Nc1ccc(C(=O)NC(C)c2ccccc2)nc1. The van der Waals surface area contributed by atoms with E-state index in [2.05, 4.69) is 15.6 Å². The first-order valence-electron chi connectivity index (χ1n) is 8.28. The van der Waals surface area contributed by atoms with Gasteiger partial charge in [-0.05, 0) is 43.2 Å². The van der Waals surface area contributed by atoms with Crippen molar-refractivity contribution in [3.05, 3.63) is 89.7 Å². The smallest absolute Gasteiger partial charge is 0.270 e.